The molecule has 0 aliphatic heterocycles. The molecule has 0 bridgehead atoms. The number of nitrogens with one attached hydrogen (secondary N) is 1. The summed E-state index contributed by atoms with van der Waals surface area (Å²) in [6.07, 6.45) is 11.1. The fraction of sp³-hybridized carbons (Fsp3) is 0.700. The van der Waals surface area contributed by atoms with Crippen LogP contribution in [0.4, 0.5) is 0 Å². The maximum absolute atomic E-state index is 4.28. The second-order valence-electron chi connectivity index (χ2n) is 8.01. The van der Waals surface area contributed by atoms with Crippen molar-refractivity contribution in [2.45, 2.75) is 72.8 Å². The average Bonchev–Trinajstić information content (AvgIpc) is 3.15. The van der Waals surface area contributed by atoms with Gasteiger partial charge in [0.15, 0.2) is 0 Å². The molecular weight excluding hydrogens is 254 g/mol. The molecular formula is C20H33N. The van der Waals surface area contributed by atoms with Crippen LogP contribution in [0.1, 0.15) is 66.7 Å². The van der Waals surface area contributed by atoms with Crippen molar-refractivity contribution in [3.05, 3.63) is 35.6 Å². The van der Waals surface area contributed by atoms with E-state index in [9.17, 15) is 0 Å². The van der Waals surface area contributed by atoms with E-state index in [4.69, 9.17) is 0 Å². The van der Waals surface area contributed by atoms with E-state index in [0.29, 0.717) is 11.5 Å². The lowest BCUT2D eigenvalue weighted by Gasteiger charge is -2.35. The van der Waals surface area contributed by atoms with Crippen molar-refractivity contribution in [1.29, 1.82) is 0 Å². The number of rotatable bonds is 5. The van der Waals surface area contributed by atoms with Crippen LogP contribution in [0.2, 0.25) is 0 Å². The first-order valence-electron chi connectivity index (χ1n) is 8.63. The van der Waals surface area contributed by atoms with Crippen LogP contribution in [-0.2, 0) is 0 Å². The Bertz CT molecular complexity index is 442. The molecule has 2 unspecified atom stereocenters. The Morgan fingerprint density at radius 3 is 2.29 bits per heavy atom. The van der Waals surface area contributed by atoms with Gasteiger partial charge in [-0.2, -0.15) is 0 Å². The molecule has 1 N–H and O–H groups in total. The summed E-state index contributed by atoms with van der Waals surface area (Å²) in [7, 11) is 0. The fourth-order valence-corrected chi connectivity index (χ4v) is 3.53. The summed E-state index contributed by atoms with van der Waals surface area (Å²) in [5.41, 5.74) is 4.43. The topological polar surface area (TPSA) is 12.0 Å². The van der Waals surface area contributed by atoms with E-state index in [1.165, 1.54) is 43.3 Å². The molecule has 21 heavy (non-hydrogen) atoms. The minimum atomic E-state index is 0.529. The van der Waals surface area contributed by atoms with Crippen molar-refractivity contribution in [3.8, 4) is 0 Å². The van der Waals surface area contributed by atoms with Crippen molar-refractivity contribution in [3.63, 3.8) is 0 Å². The van der Waals surface area contributed by atoms with Crippen LogP contribution in [0.25, 0.3) is 0 Å². The molecule has 118 valence electrons. The largest absolute Gasteiger partial charge is 0.382 e. The van der Waals surface area contributed by atoms with E-state index < -0.39 is 0 Å². The van der Waals surface area contributed by atoms with Crippen LogP contribution in [0, 0.1) is 17.3 Å². The third-order valence-corrected chi connectivity index (χ3v) is 5.45. The van der Waals surface area contributed by atoms with E-state index in [-0.39, 0.29) is 0 Å². The molecule has 0 spiro atoms. The molecule has 0 amide bonds. The van der Waals surface area contributed by atoms with Gasteiger partial charge < -0.3 is 5.32 Å². The van der Waals surface area contributed by atoms with E-state index in [0.717, 1.165) is 17.5 Å². The van der Waals surface area contributed by atoms with Crippen molar-refractivity contribution in [2.75, 3.05) is 0 Å². The molecule has 0 aromatic heterocycles. The summed E-state index contributed by atoms with van der Waals surface area (Å²) in [5, 5.41) is 3.68. The van der Waals surface area contributed by atoms with E-state index >= 15 is 0 Å². The van der Waals surface area contributed by atoms with E-state index in [2.05, 4.69) is 58.7 Å². The minimum absolute atomic E-state index is 0.529. The standard InChI is InChI=1S/C20H33N/c1-7-17(12-14(2)19-13-15(19)3)16(4)21-18-8-10-20(5,6)11-9-18/h7,12,15,18-19,21H,4,8-11,13H2,1-3,5-6H3/b14-12+,17-7+. The highest BCUT2D eigenvalue weighted by molar-refractivity contribution is 5.39. The molecule has 2 aliphatic carbocycles. The summed E-state index contributed by atoms with van der Waals surface area (Å²) >= 11 is 0. The molecule has 0 heterocycles. The van der Waals surface area contributed by atoms with Gasteiger partial charge in [-0.25, -0.2) is 0 Å². The Morgan fingerprint density at radius 2 is 1.81 bits per heavy atom. The van der Waals surface area contributed by atoms with Gasteiger partial charge in [0.25, 0.3) is 0 Å². The summed E-state index contributed by atoms with van der Waals surface area (Å²) in [6, 6.07) is 0.606. The first-order valence-corrected chi connectivity index (χ1v) is 8.63. The highest BCUT2D eigenvalue weighted by atomic mass is 14.9. The van der Waals surface area contributed by atoms with Gasteiger partial charge in [0.1, 0.15) is 0 Å². The van der Waals surface area contributed by atoms with Crippen LogP contribution in [0.15, 0.2) is 35.6 Å². The maximum atomic E-state index is 4.28. The molecule has 0 aromatic rings. The monoisotopic (exact) mass is 287 g/mol. The second kappa shape index (κ2) is 6.42. The van der Waals surface area contributed by atoms with Gasteiger partial charge in [0.05, 0.1) is 0 Å². The predicted molar refractivity (Wildman–Crippen MR) is 93.1 cm³/mol. The van der Waals surface area contributed by atoms with Crippen LogP contribution >= 0.6 is 0 Å². The third-order valence-electron chi connectivity index (χ3n) is 5.45. The zero-order valence-corrected chi connectivity index (χ0v) is 14.6. The van der Waals surface area contributed by atoms with E-state index in [1.54, 1.807) is 0 Å². The van der Waals surface area contributed by atoms with Gasteiger partial charge in [0, 0.05) is 11.7 Å². The first-order chi connectivity index (χ1) is 9.82. The summed E-state index contributed by atoms with van der Waals surface area (Å²) in [4.78, 5) is 0. The Balaban J connectivity index is 1.89. The highest BCUT2D eigenvalue weighted by Crippen LogP contribution is 2.43. The van der Waals surface area contributed by atoms with Gasteiger partial charge in [-0.15, -0.1) is 0 Å². The molecule has 2 rings (SSSR count). The lowest BCUT2D eigenvalue weighted by atomic mass is 9.75. The van der Waals surface area contributed by atoms with Gasteiger partial charge >= 0.3 is 0 Å². The van der Waals surface area contributed by atoms with Gasteiger partial charge in [0.2, 0.25) is 0 Å². The molecule has 2 saturated carbocycles. The summed E-state index contributed by atoms with van der Waals surface area (Å²) in [6.45, 7) is 15.8. The Kier molecular flexibility index (Phi) is 5.01. The first kappa shape index (κ1) is 16.4. The lowest BCUT2D eigenvalue weighted by Crippen LogP contribution is -2.35. The predicted octanol–water partition coefficient (Wildman–Crippen LogP) is 5.61. The zero-order chi connectivity index (χ0) is 15.6. The molecule has 2 fully saturated rings. The van der Waals surface area contributed by atoms with Crippen LogP contribution in [0.5, 0.6) is 0 Å². The molecule has 2 aliphatic rings. The van der Waals surface area contributed by atoms with Crippen molar-refractivity contribution in [1.82, 2.24) is 5.32 Å². The Morgan fingerprint density at radius 1 is 1.24 bits per heavy atom. The summed E-state index contributed by atoms with van der Waals surface area (Å²) in [5.74, 6) is 1.68. The van der Waals surface area contributed by atoms with Gasteiger partial charge in [-0.3, -0.25) is 0 Å². The fourth-order valence-electron chi connectivity index (χ4n) is 3.53. The molecule has 2 atom stereocenters. The second-order valence-corrected chi connectivity index (χ2v) is 8.01. The lowest BCUT2D eigenvalue weighted by molar-refractivity contribution is 0.213. The summed E-state index contributed by atoms with van der Waals surface area (Å²) < 4.78 is 0. The number of hydrogen-bond donors (Lipinski definition) is 1. The van der Waals surface area contributed by atoms with Crippen LogP contribution in [-0.4, -0.2) is 6.04 Å². The van der Waals surface area contributed by atoms with Crippen molar-refractivity contribution >= 4 is 0 Å². The Hall–Kier alpha value is -0.980. The van der Waals surface area contributed by atoms with Gasteiger partial charge in [-0.05, 0) is 68.8 Å². The molecule has 1 heteroatoms. The third kappa shape index (κ3) is 4.49. The molecule has 0 radical (unpaired) electrons. The van der Waals surface area contributed by atoms with Gasteiger partial charge in [-0.1, -0.05) is 45.1 Å². The minimum Gasteiger partial charge on any atom is -0.382 e. The van der Waals surface area contributed by atoms with Crippen LogP contribution < -0.4 is 5.32 Å². The zero-order valence-electron chi connectivity index (χ0n) is 14.6. The molecule has 1 nitrogen and oxygen atoms in total. The van der Waals surface area contributed by atoms with Crippen molar-refractivity contribution < 1.29 is 0 Å². The highest BCUT2D eigenvalue weighted by Gasteiger charge is 2.33. The smallest absolute Gasteiger partial charge is 0.0339 e. The number of hydrogen-bond acceptors (Lipinski definition) is 1. The van der Waals surface area contributed by atoms with Crippen LogP contribution in [0.3, 0.4) is 0 Å². The quantitative estimate of drug-likeness (QED) is 0.648. The SMILES string of the molecule is C=C(NC1CCC(C)(C)CC1)C(=C/C)/C=C(\C)C1CC1C. The molecule has 0 saturated heterocycles. The molecule has 0 aromatic carbocycles. The normalized spacial score (nSPS) is 30.1. The number of allylic oxidation sites excluding steroid dienone is 3. The maximum Gasteiger partial charge on any atom is 0.0339 e. The van der Waals surface area contributed by atoms with E-state index in [1.807, 2.05) is 0 Å². The van der Waals surface area contributed by atoms with Crippen molar-refractivity contribution in [2.24, 2.45) is 17.3 Å². The average molecular weight is 287 g/mol. The Labute approximate surface area is 131 Å².